The fourth-order valence-corrected chi connectivity index (χ4v) is 4.06. The Morgan fingerprint density at radius 1 is 1.28 bits per heavy atom. The number of aromatic nitrogens is 3. The molecule has 0 atom stereocenters. The van der Waals surface area contributed by atoms with Crippen LogP contribution in [0.5, 0.6) is 0 Å². The highest BCUT2D eigenvalue weighted by Crippen LogP contribution is 2.29. The number of benzene rings is 1. The van der Waals surface area contributed by atoms with Crippen LogP contribution in [0, 0.1) is 0 Å². The van der Waals surface area contributed by atoms with E-state index in [4.69, 9.17) is 11.7 Å². The highest BCUT2D eigenvalue weighted by Gasteiger charge is 2.14. The first-order valence-electron chi connectivity index (χ1n) is 10.2. The number of hydrogen-bond donors (Lipinski definition) is 4. The maximum atomic E-state index is 5.82. The number of rotatable bonds is 6. The highest BCUT2D eigenvalue weighted by molar-refractivity contribution is 6.12. The van der Waals surface area contributed by atoms with Gasteiger partial charge in [0.1, 0.15) is 17.8 Å². The first-order chi connectivity index (χ1) is 14.2. The van der Waals surface area contributed by atoms with Crippen LogP contribution in [0.1, 0.15) is 31.2 Å². The molecule has 1 aromatic carbocycles. The SMILES string of the molecule is CN(N)/C(=N\N)c1ccc2c(c1)[nH]c1ncnc(NCCCN3CCCCC3)c12. The van der Waals surface area contributed by atoms with Crippen molar-refractivity contribution in [2.45, 2.75) is 25.7 Å². The van der Waals surface area contributed by atoms with Crippen LogP contribution < -0.4 is 17.0 Å². The Morgan fingerprint density at radius 2 is 2.10 bits per heavy atom. The summed E-state index contributed by atoms with van der Waals surface area (Å²) < 4.78 is 0. The fraction of sp³-hybridized carbons (Fsp3) is 0.450. The number of fused-ring (bicyclic) bond motifs is 3. The van der Waals surface area contributed by atoms with Gasteiger partial charge in [-0.2, -0.15) is 5.10 Å². The zero-order chi connectivity index (χ0) is 20.2. The van der Waals surface area contributed by atoms with Gasteiger partial charge in [0, 0.05) is 30.1 Å². The lowest BCUT2D eigenvalue weighted by molar-refractivity contribution is 0.228. The molecule has 0 spiro atoms. The maximum Gasteiger partial charge on any atom is 0.169 e. The van der Waals surface area contributed by atoms with Crippen molar-refractivity contribution in [2.75, 3.05) is 38.5 Å². The van der Waals surface area contributed by atoms with Gasteiger partial charge in [0.05, 0.1) is 5.39 Å². The lowest BCUT2D eigenvalue weighted by Crippen LogP contribution is -2.34. The molecule has 9 heteroatoms. The Kier molecular flexibility index (Phi) is 5.77. The second-order valence-corrected chi connectivity index (χ2v) is 7.58. The van der Waals surface area contributed by atoms with E-state index in [2.05, 4.69) is 30.3 Å². The van der Waals surface area contributed by atoms with Crippen molar-refractivity contribution in [3.05, 3.63) is 30.1 Å². The van der Waals surface area contributed by atoms with E-state index in [0.717, 1.165) is 52.8 Å². The molecular formula is C20H29N9. The summed E-state index contributed by atoms with van der Waals surface area (Å²) in [5.41, 5.74) is 2.58. The zero-order valence-electron chi connectivity index (χ0n) is 16.9. The summed E-state index contributed by atoms with van der Waals surface area (Å²) in [7, 11) is 1.71. The number of hydrazone groups is 1. The normalized spacial score (nSPS) is 15.9. The molecule has 1 fully saturated rings. The van der Waals surface area contributed by atoms with E-state index in [1.807, 2.05) is 18.2 Å². The Hall–Kier alpha value is -2.91. The van der Waals surface area contributed by atoms with Crippen molar-refractivity contribution in [3.63, 3.8) is 0 Å². The van der Waals surface area contributed by atoms with Crippen LogP contribution in [-0.4, -0.2) is 63.9 Å². The average Bonchev–Trinajstić information content (AvgIpc) is 3.11. The quantitative estimate of drug-likeness (QED) is 0.165. The van der Waals surface area contributed by atoms with E-state index in [1.54, 1.807) is 13.4 Å². The predicted octanol–water partition coefficient (Wildman–Crippen LogP) is 1.82. The largest absolute Gasteiger partial charge is 0.369 e. The summed E-state index contributed by atoms with van der Waals surface area (Å²) >= 11 is 0. The van der Waals surface area contributed by atoms with Crippen molar-refractivity contribution in [3.8, 4) is 0 Å². The molecule has 0 saturated carbocycles. The number of hydrogen-bond acceptors (Lipinski definition) is 7. The smallest absolute Gasteiger partial charge is 0.169 e. The Bertz CT molecular complexity index is 1000. The Balaban J connectivity index is 1.53. The van der Waals surface area contributed by atoms with Crippen LogP contribution in [0.4, 0.5) is 5.82 Å². The van der Waals surface area contributed by atoms with Crippen molar-refractivity contribution in [1.82, 2.24) is 24.9 Å². The van der Waals surface area contributed by atoms with Gasteiger partial charge in [-0.25, -0.2) is 15.8 Å². The summed E-state index contributed by atoms with van der Waals surface area (Å²) in [5, 5.41) is 10.7. The molecule has 0 unspecified atom stereocenters. The molecule has 9 nitrogen and oxygen atoms in total. The number of nitrogens with zero attached hydrogens (tertiary/aromatic N) is 5. The number of aromatic amines is 1. The molecule has 2 aromatic heterocycles. The Morgan fingerprint density at radius 3 is 2.86 bits per heavy atom. The number of likely N-dealkylation sites (tertiary alicyclic amines) is 1. The summed E-state index contributed by atoms with van der Waals surface area (Å²) in [4.78, 5) is 14.8. The van der Waals surface area contributed by atoms with Gasteiger partial charge < -0.3 is 21.0 Å². The molecule has 3 heterocycles. The number of nitrogens with two attached hydrogens (primary N) is 2. The van der Waals surface area contributed by atoms with Crippen molar-refractivity contribution >= 4 is 33.6 Å². The van der Waals surface area contributed by atoms with Gasteiger partial charge in [-0.15, -0.1) is 0 Å². The van der Waals surface area contributed by atoms with Gasteiger partial charge in [-0.1, -0.05) is 18.6 Å². The number of piperidine rings is 1. The van der Waals surface area contributed by atoms with Gasteiger partial charge in [0.25, 0.3) is 0 Å². The lowest BCUT2D eigenvalue weighted by atomic mass is 10.1. The molecular weight excluding hydrogens is 366 g/mol. The summed E-state index contributed by atoms with van der Waals surface area (Å²) in [6.45, 7) is 4.48. The third kappa shape index (κ3) is 4.10. The van der Waals surface area contributed by atoms with Crippen LogP contribution in [-0.2, 0) is 0 Å². The molecule has 1 saturated heterocycles. The minimum atomic E-state index is 0.507. The molecule has 0 radical (unpaired) electrons. The maximum absolute atomic E-state index is 5.82. The van der Waals surface area contributed by atoms with Gasteiger partial charge in [-0.3, -0.25) is 5.01 Å². The summed E-state index contributed by atoms with van der Waals surface area (Å²) in [5.74, 6) is 12.7. The molecule has 4 rings (SSSR count). The third-order valence-electron chi connectivity index (χ3n) is 5.50. The van der Waals surface area contributed by atoms with E-state index in [1.165, 1.54) is 37.4 Å². The van der Waals surface area contributed by atoms with Crippen molar-refractivity contribution in [1.29, 1.82) is 0 Å². The minimum Gasteiger partial charge on any atom is -0.369 e. The predicted molar refractivity (Wildman–Crippen MR) is 117 cm³/mol. The molecule has 1 aliphatic rings. The number of anilines is 1. The molecule has 29 heavy (non-hydrogen) atoms. The van der Waals surface area contributed by atoms with E-state index >= 15 is 0 Å². The van der Waals surface area contributed by atoms with Crippen LogP contribution in [0.15, 0.2) is 29.6 Å². The van der Waals surface area contributed by atoms with Crippen molar-refractivity contribution < 1.29 is 0 Å². The van der Waals surface area contributed by atoms with Gasteiger partial charge in [0.2, 0.25) is 0 Å². The Labute approximate surface area is 170 Å². The molecule has 154 valence electrons. The molecule has 0 bridgehead atoms. The second-order valence-electron chi connectivity index (χ2n) is 7.58. The van der Waals surface area contributed by atoms with Crippen LogP contribution in [0.3, 0.4) is 0 Å². The molecule has 3 aromatic rings. The zero-order valence-corrected chi connectivity index (χ0v) is 16.9. The number of H-pyrrole nitrogens is 1. The van der Waals surface area contributed by atoms with Gasteiger partial charge >= 0.3 is 0 Å². The number of amidine groups is 1. The average molecular weight is 396 g/mol. The second kappa shape index (κ2) is 8.62. The fourth-order valence-electron chi connectivity index (χ4n) is 4.06. The molecule has 0 amide bonds. The third-order valence-corrected chi connectivity index (χ3v) is 5.50. The van der Waals surface area contributed by atoms with Gasteiger partial charge in [0.15, 0.2) is 5.84 Å². The van der Waals surface area contributed by atoms with Crippen LogP contribution >= 0.6 is 0 Å². The topological polar surface area (TPSA) is 124 Å². The first kappa shape index (κ1) is 19.4. The van der Waals surface area contributed by atoms with E-state index in [9.17, 15) is 0 Å². The van der Waals surface area contributed by atoms with Crippen LogP contribution in [0.25, 0.3) is 21.9 Å². The van der Waals surface area contributed by atoms with E-state index in [0.29, 0.717) is 5.84 Å². The van der Waals surface area contributed by atoms with Gasteiger partial charge in [-0.05, 0) is 45.0 Å². The minimum absolute atomic E-state index is 0.507. The number of hydrazine groups is 1. The molecule has 1 aliphatic heterocycles. The standard InChI is InChI=1S/C20H29N9/c1-28(22)20(27-21)14-6-7-15-16(12-14)26-19-17(15)18(24-13-25-19)23-8-5-11-29-9-3-2-4-10-29/h6-7,12-13H,2-5,8-11,21-22H2,1H3,(H2,23,24,25,26)/b27-20-. The molecule has 6 N–H and O–H groups in total. The monoisotopic (exact) mass is 395 g/mol. The first-order valence-corrected chi connectivity index (χ1v) is 10.2. The van der Waals surface area contributed by atoms with Crippen molar-refractivity contribution in [2.24, 2.45) is 16.8 Å². The summed E-state index contributed by atoms with van der Waals surface area (Å²) in [6, 6.07) is 5.96. The van der Waals surface area contributed by atoms with E-state index in [-0.39, 0.29) is 0 Å². The number of nitrogens with one attached hydrogen (secondary N) is 2. The van der Waals surface area contributed by atoms with E-state index < -0.39 is 0 Å². The van der Waals surface area contributed by atoms with Crippen LogP contribution in [0.2, 0.25) is 0 Å². The summed E-state index contributed by atoms with van der Waals surface area (Å²) in [6.07, 6.45) is 6.71. The lowest BCUT2D eigenvalue weighted by Gasteiger charge is -2.26. The highest BCUT2D eigenvalue weighted by atomic mass is 15.4. The molecule has 0 aliphatic carbocycles.